The lowest BCUT2D eigenvalue weighted by Crippen LogP contribution is -2.60. The second-order valence-electron chi connectivity index (χ2n) is 8.52. The second kappa shape index (κ2) is 3.97. The molecule has 2 unspecified atom stereocenters. The predicted octanol–water partition coefficient (Wildman–Crippen LogP) is 2.45. The fourth-order valence-electron chi connectivity index (χ4n) is 6.14. The van der Waals surface area contributed by atoms with E-state index in [2.05, 4.69) is 19.2 Å². The summed E-state index contributed by atoms with van der Waals surface area (Å²) in [6, 6.07) is 0.0983. The Balaban J connectivity index is 1.86. The van der Waals surface area contributed by atoms with E-state index < -0.39 is 0 Å². The van der Waals surface area contributed by atoms with E-state index in [9.17, 15) is 4.79 Å². The first-order valence-electron chi connectivity index (χ1n) is 7.79. The summed E-state index contributed by atoms with van der Waals surface area (Å²) in [5.41, 5.74) is 6.36. The Labute approximate surface area is 116 Å². The summed E-state index contributed by atoms with van der Waals surface area (Å²) < 4.78 is 0. The van der Waals surface area contributed by atoms with Crippen LogP contribution in [0.1, 0.15) is 59.3 Å². The van der Waals surface area contributed by atoms with Gasteiger partial charge in [0.2, 0.25) is 5.91 Å². The van der Waals surface area contributed by atoms with Crippen LogP contribution in [-0.4, -0.2) is 18.5 Å². The van der Waals surface area contributed by atoms with Gasteiger partial charge in [0.25, 0.3) is 0 Å². The summed E-state index contributed by atoms with van der Waals surface area (Å²) in [4.78, 5) is 12.8. The largest absolute Gasteiger partial charge is 0.352 e. The van der Waals surface area contributed by atoms with Crippen LogP contribution in [0.15, 0.2) is 0 Å². The lowest BCUT2D eigenvalue weighted by Gasteiger charge is -2.64. The van der Waals surface area contributed by atoms with E-state index in [0.29, 0.717) is 17.4 Å². The second-order valence-corrected chi connectivity index (χ2v) is 8.52. The first-order chi connectivity index (χ1) is 8.78. The van der Waals surface area contributed by atoms with Gasteiger partial charge in [-0.3, -0.25) is 4.79 Å². The standard InChI is InChI=1S/C16H28N2O/c1-11(7-17)18-13(19)16-6-12-4-14(2,9-16)8-15(3,5-12)10-16/h11-12H,4-10,17H2,1-3H3,(H,18,19)/t11-,12?,14?,15?,16?/m1/s1. The van der Waals surface area contributed by atoms with Crippen molar-refractivity contribution in [2.75, 3.05) is 6.54 Å². The minimum Gasteiger partial charge on any atom is -0.352 e. The fraction of sp³-hybridized carbons (Fsp3) is 0.938. The highest BCUT2D eigenvalue weighted by molar-refractivity contribution is 5.83. The molecule has 3 heteroatoms. The quantitative estimate of drug-likeness (QED) is 0.822. The number of hydrogen-bond donors (Lipinski definition) is 2. The van der Waals surface area contributed by atoms with Gasteiger partial charge in [-0.1, -0.05) is 13.8 Å². The minimum absolute atomic E-state index is 0.0909. The van der Waals surface area contributed by atoms with Gasteiger partial charge in [-0.2, -0.15) is 0 Å². The highest BCUT2D eigenvalue weighted by atomic mass is 16.2. The third-order valence-corrected chi connectivity index (χ3v) is 5.84. The van der Waals surface area contributed by atoms with Crippen LogP contribution in [0.4, 0.5) is 0 Å². The third-order valence-electron chi connectivity index (χ3n) is 5.84. The van der Waals surface area contributed by atoms with E-state index in [0.717, 1.165) is 25.2 Å². The third kappa shape index (κ3) is 2.10. The monoisotopic (exact) mass is 264 g/mol. The number of nitrogens with one attached hydrogen (secondary N) is 1. The van der Waals surface area contributed by atoms with E-state index in [-0.39, 0.29) is 17.4 Å². The summed E-state index contributed by atoms with van der Waals surface area (Å²) in [7, 11) is 0. The molecule has 0 aliphatic heterocycles. The molecule has 3 N–H and O–H groups in total. The summed E-state index contributed by atoms with van der Waals surface area (Å²) in [5, 5.41) is 3.16. The van der Waals surface area contributed by atoms with Crippen molar-refractivity contribution in [3.8, 4) is 0 Å². The van der Waals surface area contributed by atoms with E-state index in [1.54, 1.807) is 0 Å². The van der Waals surface area contributed by atoms with Crippen molar-refractivity contribution in [1.82, 2.24) is 5.32 Å². The van der Waals surface area contributed by atoms with Gasteiger partial charge in [-0.05, 0) is 62.2 Å². The summed E-state index contributed by atoms with van der Waals surface area (Å²) >= 11 is 0. The molecule has 0 saturated heterocycles. The topological polar surface area (TPSA) is 55.1 Å². The lowest BCUT2D eigenvalue weighted by atomic mass is 9.40. The summed E-state index contributed by atoms with van der Waals surface area (Å²) in [6.45, 7) is 7.34. The molecule has 19 heavy (non-hydrogen) atoms. The molecule has 0 radical (unpaired) electrons. The molecule has 0 aromatic carbocycles. The average Bonchev–Trinajstić information content (AvgIpc) is 2.23. The van der Waals surface area contributed by atoms with Crippen LogP contribution in [0.2, 0.25) is 0 Å². The maximum atomic E-state index is 12.8. The van der Waals surface area contributed by atoms with E-state index in [1.807, 2.05) is 6.92 Å². The number of hydrogen-bond acceptors (Lipinski definition) is 2. The highest BCUT2D eigenvalue weighted by Gasteiger charge is 2.62. The van der Waals surface area contributed by atoms with Crippen LogP contribution in [-0.2, 0) is 4.79 Å². The van der Waals surface area contributed by atoms with Gasteiger partial charge in [0.1, 0.15) is 0 Å². The Hall–Kier alpha value is -0.570. The van der Waals surface area contributed by atoms with E-state index in [1.165, 1.54) is 19.3 Å². The normalized spacial score (nSPS) is 49.2. The van der Waals surface area contributed by atoms with Crippen molar-refractivity contribution >= 4 is 5.91 Å². The highest BCUT2D eigenvalue weighted by Crippen LogP contribution is 2.69. The van der Waals surface area contributed by atoms with Crippen LogP contribution in [0, 0.1) is 22.2 Å². The van der Waals surface area contributed by atoms with Crippen LogP contribution in [0.5, 0.6) is 0 Å². The van der Waals surface area contributed by atoms with Crippen molar-refractivity contribution in [1.29, 1.82) is 0 Å². The average molecular weight is 264 g/mol. The van der Waals surface area contributed by atoms with Gasteiger partial charge in [0.15, 0.2) is 0 Å². The van der Waals surface area contributed by atoms with Gasteiger partial charge < -0.3 is 11.1 Å². The van der Waals surface area contributed by atoms with Crippen LogP contribution in [0.3, 0.4) is 0 Å². The number of carbonyl (C=O) groups excluding carboxylic acids is 1. The molecule has 0 aromatic heterocycles. The van der Waals surface area contributed by atoms with Gasteiger partial charge >= 0.3 is 0 Å². The SMILES string of the molecule is C[C@H](CN)NC(=O)C12CC3CC(C)(CC(C)(C3)C1)C2. The molecule has 4 rings (SSSR count). The van der Waals surface area contributed by atoms with Crippen LogP contribution < -0.4 is 11.1 Å². The Bertz CT molecular complexity index is 388. The molecule has 4 bridgehead atoms. The maximum Gasteiger partial charge on any atom is 0.226 e. The Kier molecular flexibility index (Phi) is 2.80. The van der Waals surface area contributed by atoms with Crippen molar-refractivity contribution in [2.24, 2.45) is 27.9 Å². The smallest absolute Gasteiger partial charge is 0.226 e. The van der Waals surface area contributed by atoms with Crippen molar-refractivity contribution in [3.05, 3.63) is 0 Å². The molecular formula is C16H28N2O. The number of rotatable bonds is 3. The molecule has 0 heterocycles. The molecule has 0 spiro atoms. The first kappa shape index (κ1) is 13.4. The van der Waals surface area contributed by atoms with Crippen LogP contribution in [0.25, 0.3) is 0 Å². The van der Waals surface area contributed by atoms with Crippen molar-refractivity contribution < 1.29 is 4.79 Å². The minimum atomic E-state index is -0.0909. The molecule has 4 saturated carbocycles. The van der Waals surface area contributed by atoms with E-state index in [4.69, 9.17) is 5.73 Å². The number of carbonyl (C=O) groups is 1. The molecule has 1 amide bonds. The first-order valence-corrected chi connectivity index (χ1v) is 7.79. The predicted molar refractivity (Wildman–Crippen MR) is 76.5 cm³/mol. The number of nitrogens with two attached hydrogens (primary N) is 1. The summed E-state index contributed by atoms with van der Waals surface area (Å²) in [6.07, 6.45) is 7.29. The van der Waals surface area contributed by atoms with Crippen molar-refractivity contribution in [2.45, 2.75) is 65.3 Å². The zero-order chi connectivity index (χ0) is 13.9. The maximum absolute atomic E-state index is 12.8. The molecule has 4 aliphatic carbocycles. The summed E-state index contributed by atoms with van der Waals surface area (Å²) in [5.74, 6) is 1.05. The fourth-order valence-corrected chi connectivity index (χ4v) is 6.14. The Morgan fingerprint density at radius 1 is 1.21 bits per heavy atom. The van der Waals surface area contributed by atoms with Crippen LogP contribution >= 0.6 is 0 Å². The molecule has 3 atom stereocenters. The molecule has 0 aromatic rings. The molecule has 3 nitrogen and oxygen atoms in total. The van der Waals surface area contributed by atoms with Gasteiger partial charge in [-0.15, -0.1) is 0 Å². The molecule has 4 aliphatic rings. The lowest BCUT2D eigenvalue weighted by molar-refractivity contribution is -0.170. The zero-order valence-electron chi connectivity index (χ0n) is 12.6. The van der Waals surface area contributed by atoms with Gasteiger partial charge in [-0.25, -0.2) is 0 Å². The molecule has 4 fully saturated rings. The Morgan fingerprint density at radius 2 is 1.79 bits per heavy atom. The van der Waals surface area contributed by atoms with Crippen molar-refractivity contribution in [3.63, 3.8) is 0 Å². The van der Waals surface area contributed by atoms with Gasteiger partial charge in [0.05, 0.1) is 5.41 Å². The van der Waals surface area contributed by atoms with Gasteiger partial charge in [0, 0.05) is 12.6 Å². The zero-order valence-corrected chi connectivity index (χ0v) is 12.6. The molecule has 108 valence electrons. The Morgan fingerprint density at radius 3 is 2.26 bits per heavy atom. The van der Waals surface area contributed by atoms with E-state index >= 15 is 0 Å². The number of amides is 1. The molecular weight excluding hydrogens is 236 g/mol.